The van der Waals surface area contributed by atoms with Gasteiger partial charge in [0.05, 0.1) is 5.56 Å². The summed E-state index contributed by atoms with van der Waals surface area (Å²) in [5.74, 6) is -1.46. The maximum absolute atomic E-state index is 11.9. The van der Waals surface area contributed by atoms with E-state index < -0.39 is 17.9 Å². The van der Waals surface area contributed by atoms with Crippen molar-refractivity contribution in [1.82, 2.24) is 0 Å². The fraction of sp³-hybridized carbons (Fsp3) is 0.300. The molecule has 0 atom stereocenters. The predicted molar refractivity (Wildman–Crippen MR) is 57.5 cm³/mol. The van der Waals surface area contributed by atoms with Gasteiger partial charge in [-0.2, -0.15) is 0 Å². The number of alkyl halides is 4. The molecule has 0 aliphatic rings. The van der Waals surface area contributed by atoms with Gasteiger partial charge in [0.1, 0.15) is 11.5 Å². The molecular formula is C10H8BrF3O3. The molecule has 0 spiro atoms. The Kier molecular flexibility index (Phi) is 4.39. The van der Waals surface area contributed by atoms with Gasteiger partial charge in [0.15, 0.2) is 5.78 Å². The highest BCUT2D eigenvalue weighted by Gasteiger charge is 2.31. The number of ether oxygens (including phenoxy) is 1. The smallest absolute Gasteiger partial charge is 0.507 e. The minimum absolute atomic E-state index is 0.0287. The van der Waals surface area contributed by atoms with Crippen LogP contribution < -0.4 is 4.74 Å². The number of Topliss-reactive ketones (excluding diaryl/α,β-unsaturated/α-hetero) is 1. The quantitative estimate of drug-likeness (QED) is 0.685. The summed E-state index contributed by atoms with van der Waals surface area (Å²) in [5.41, 5.74) is -0.0287. The van der Waals surface area contributed by atoms with Crippen LogP contribution in [0.4, 0.5) is 13.2 Å². The van der Waals surface area contributed by atoms with E-state index in [9.17, 15) is 23.1 Å². The van der Waals surface area contributed by atoms with Gasteiger partial charge in [0, 0.05) is 17.8 Å². The number of phenols is 1. The number of benzene rings is 1. The largest absolute Gasteiger partial charge is 0.573 e. The molecule has 0 fully saturated rings. The van der Waals surface area contributed by atoms with Gasteiger partial charge in [0.2, 0.25) is 0 Å². The summed E-state index contributed by atoms with van der Waals surface area (Å²) in [6.45, 7) is 0. The Balaban J connectivity index is 2.90. The fourth-order valence-corrected chi connectivity index (χ4v) is 1.52. The van der Waals surface area contributed by atoms with Crippen molar-refractivity contribution in [3.05, 3.63) is 23.8 Å². The minimum Gasteiger partial charge on any atom is -0.507 e. The maximum atomic E-state index is 11.9. The average Bonchev–Trinajstić information content (AvgIpc) is 2.15. The molecule has 0 saturated carbocycles. The van der Waals surface area contributed by atoms with Crippen LogP contribution in [0.15, 0.2) is 18.2 Å². The molecule has 1 N–H and O–H groups in total. The molecule has 0 radical (unpaired) electrons. The summed E-state index contributed by atoms with van der Waals surface area (Å²) in [6.07, 6.45) is -4.68. The third kappa shape index (κ3) is 4.26. The summed E-state index contributed by atoms with van der Waals surface area (Å²) < 4.78 is 39.2. The SMILES string of the molecule is O=C(CCBr)c1ccc(OC(F)(F)F)cc1O. The van der Waals surface area contributed by atoms with E-state index in [-0.39, 0.29) is 17.8 Å². The molecule has 0 amide bonds. The molecule has 3 nitrogen and oxygen atoms in total. The molecule has 0 aliphatic carbocycles. The first-order chi connectivity index (χ1) is 7.83. The lowest BCUT2D eigenvalue weighted by molar-refractivity contribution is -0.274. The fourth-order valence-electron chi connectivity index (χ4n) is 1.16. The van der Waals surface area contributed by atoms with E-state index in [1.54, 1.807) is 0 Å². The summed E-state index contributed by atoms with van der Waals surface area (Å²) in [7, 11) is 0. The zero-order valence-corrected chi connectivity index (χ0v) is 10.0. The molecular weight excluding hydrogens is 305 g/mol. The topological polar surface area (TPSA) is 46.5 Å². The number of carbonyl (C=O) groups is 1. The summed E-state index contributed by atoms with van der Waals surface area (Å²) in [5, 5.41) is 9.81. The normalized spacial score (nSPS) is 11.3. The van der Waals surface area contributed by atoms with Crippen molar-refractivity contribution in [3.8, 4) is 11.5 Å². The lowest BCUT2D eigenvalue weighted by atomic mass is 10.1. The van der Waals surface area contributed by atoms with Gasteiger partial charge >= 0.3 is 6.36 Å². The molecule has 1 aromatic rings. The standard InChI is InChI=1S/C10H8BrF3O3/c11-4-3-8(15)7-2-1-6(5-9(7)16)17-10(12,13)14/h1-2,5,16H,3-4H2. The van der Waals surface area contributed by atoms with Crippen molar-refractivity contribution in [2.75, 3.05) is 5.33 Å². The molecule has 94 valence electrons. The first-order valence-corrected chi connectivity index (χ1v) is 5.63. The summed E-state index contributed by atoms with van der Waals surface area (Å²) >= 11 is 3.05. The molecule has 0 bridgehead atoms. The number of hydrogen-bond acceptors (Lipinski definition) is 3. The van der Waals surface area contributed by atoms with Crippen molar-refractivity contribution in [3.63, 3.8) is 0 Å². The number of halogens is 4. The van der Waals surface area contributed by atoms with E-state index in [0.29, 0.717) is 5.33 Å². The number of ketones is 1. The van der Waals surface area contributed by atoms with Gasteiger partial charge < -0.3 is 9.84 Å². The first kappa shape index (κ1) is 13.8. The second-order valence-electron chi connectivity index (χ2n) is 3.09. The molecule has 1 aromatic carbocycles. The van der Waals surface area contributed by atoms with E-state index in [4.69, 9.17) is 0 Å². The molecule has 0 aromatic heterocycles. The molecule has 0 heterocycles. The van der Waals surface area contributed by atoms with Crippen LogP contribution >= 0.6 is 15.9 Å². The Morgan fingerprint density at radius 1 is 1.41 bits per heavy atom. The van der Waals surface area contributed by atoms with Crippen molar-refractivity contribution in [2.24, 2.45) is 0 Å². The molecule has 1 rings (SSSR count). The van der Waals surface area contributed by atoms with Gasteiger partial charge in [-0.05, 0) is 12.1 Å². The molecule has 0 aliphatic heterocycles. The van der Waals surface area contributed by atoms with Crippen LogP contribution in [0, 0.1) is 0 Å². The number of carbonyl (C=O) groups excluding carboxylic acids is 1. The molecule has 0 saturated heterocycles. The number of hydrogen-bond donors (Lipinski definition) is 1. The van der Waals surface area contributed by atoms with E-state index >= 15 is 0 Å². The lowest BCUT2D eigenvalue weighted by Gasteiger charge is -2.10. The zero-order valence-electron chi connectivity index (χ0n) is 8.42. The van der Waals surface area contributed by atoms with Crippen LogP contribution in [0.3, 0.4) is 0 Å². The Hall–Kier alpha value is -1.24. The zero-order chi connectivity index (χ0) is 13.1. The van der Waals surface area contributed by atoms with Crippen LogP contribution in [0.25, 0.3) is 0 Å². The van der Waals surface area contributed by atoms with Crippen LogP contribution in [0.1, 0.15) is 16.8 Å². The van der Waals surface area contributed by atoms with Crippen LogP contribution in [0.2, 0.25) is 0 Å². The highest BCUT2D eigenvalue weighted by atomic mass is 79.9. The summed E-state index contributed by atoms with van der Waals surface area (Å²) in [4.78, 5) is 11.4. The lowest BCUT2D eigenvalue weighted by Crippen LogP contribution is -2.17. The predicted octanol–water partition coefficient (Wildman–Crippen LogP) is 3.26. The van der Waals surface area contributed by atoms with E-state index in [1.807, 2.05) is 0 Å². The molecule has 7 heteroatoms. The van der Waals surface area contributed by atoms with Gasteiger partial charge in [0.25, 0.3) is 0 Å². The van der Waals surface area contributed by atoms with Crippen molar-refractivity contribution in [2.45, 2.75) is 12.8 Å². The first-order valence-electron chi connectivity index (χ1n) is 4.51. The Bertz CT molecular complexity index is 418. The van der Waals surface area contributed by atoms with Crippen LogP contribution in [-0.4, -0.2) is 22.6 Å². The highest BCUT2D eigenvalue weighted by molar-refractivity contribution is 9.09. The highest BCUT2D eigenvalue weighted by Crippen LogP contribution is 2.28. The van der Waals surface area contributed by atoms with Crippen LogP contribution in [0.5, 0.6) is 11.5 Å². The monoisotopic (exact) mass is 312 g/mol. The average molecular weight is 313 g/mol. The third-order valence-corrected chi connectivity index (χ3v) is 2.22. The van der Waals surface area contributed by atoms with Crippen molar-refractivity contribution in [1.29, 1.82) is 0 Å². The van der Waals surface area contributed by atoms with Gasteiger partial charge in [-0.15, -0.1) is 13.2 Å². The van der Waals surface area contributed by atoms with E-state index in [0.717, 1.165) is 18.2 Å². The maximum Gasteiger partial charge on any atom is 0.573 e. The van der Waals surface area contributed by atoms with Crippen LogP contribution in [-0.2, 0) is 0 Å². The minimum atomic E-state index is -4.83. The van der Waals surface area contributed by atoms with Crippen molar-refractivity contribution < 1.29 is 27.8 Å². The number of phenolic OH excluding ortho intramolecular Hbond substituents is 1. The van der Waals surface area contributed by atoms with Gasteiger partial charge in [-0.1, -0.05) is 15.9 Å². The van der Waals surface area contributed by atoms with Gasteiger partial charge in [-0.3, -0.25) is 4.79 Å². The Morgan fingerprint density at radius 2 is 2.06 bits per heavy atom. The third-order valence-electron chi connectivity index (χ3n) is 1.82. The second kappa shape index (κ2) is 5.39. The number of rotatable bonds is 4. The van der Waals surface area contributed by atoms with Crippen molar-refractivity contribution >= 4 is 21.7 Å². The Morgan fingerprint density at radius 3 is 2.53 bits per heavy atom. The van der Waals surface area contributed by atoms with Gasteiger partial charge in [-0.25, -0.2) is 0 Å². The summed E-state index contributed by atoms with van der Waals surface area (Å²) in [6, 6.07) is 2.84. The number of aromatic hydroxyl groups is 1. The molecule has 17 heavy (non-hydrogen) atoms. The second-order valence-corrected chi connectivity index (χ2v) is 3.88. The van der Waals surface area contributed by atoms with E-state index in [2.05, 4.69) is 20.7 Å². The molecule has 0 unspecified atom stereocenters. The Labute approximate surface area is 103 Å². The van der Waals surface area contributed by atoms with E-state index in [1.165, 1.54) is 0 Å².